The van der Waals surface area contributed by atoms with Crippen LogP contribution in [0.1, 0.15) is 16.1 Å². The number of benzene rings is 1. The average molecular weight is 409 g/mol. The lowest BCUT2D eigenvalue weighted by Gasteiger charge is -2.27. The van der Waals surface area contributed by atoms with Gasteiger partial charge in [0.15, 0.2) is 6.54 Å². The summed E-state index contributed by atoms with van der Waals surface area (Å²) in [6.45, 7) is 5.80. The standard InChI is InChI=1S/C22H25N5O3/c1-15-6-5-7-16-19(15)20(21(24-16)22(29)30-2)25-18(28)14-26-10-12-27(13-11-26)17-8-3-4-9-23-17/h3-9,24H,10-14H2,1-2H3,(H,25,28)/p+2. The maximum Gasteiger partial charge on any atom is 0.356 e. The van der Waals surface area contributed by atoms with Gasteiger partial charge in [0.25, 0.3) is 11.7 Å². The summed E-state index contributed by atoms with van der Waals surface area (Å²) in [7, 11) is 1.33. The number of carbonyl (C=O) groups excluding carboxylic acids is 2. The lowest BCUT2D eigenvalue weighted by atomic mass is 10.1. The number of hydrogen-bond donors (Lipinski definition) is 3. The second-order valence-electron chi connectivity index (χ2n) is 7.57. The Morgan fingerprint density at radius 2 is 2.00 bits per heavy atom. The van der Waals surface area contributed by atoms with Crippen LogP contribution in [0.3, 0.4) is 0 Å². The number of fused-ring (bicyclic) bond motifs is 1. The van der Waals surface area contributed by atoms with Gasteiger partial charge in [-0.15, -0.1) is 0 Å². The van der Waals surface area contributed by atoms with Crippen molar-refractivity contribution in [2.24, 2.45) is 0 Å². The van der Waals surface area contributed by atoms with E-state index in [1.165, 1.54) is 12.0 Å². The number of H-pyrrole nitrogens is 2. The summed E-state index contributed by atoms with van der Waals surface area (Å²) in [6.07, 6.45) is 1.92. The SMILES string of the molecule is COC(=O)c1[nH]c2cccc(C)c2c1NC(=O)C[NH+]1CCN(c2cccc[nH+]2)CC1. The Labute approximate surface area is 174 Å². The van der Waals surface area contributed by atoms with Crippen LogP contribution in [0.2, 0.25) is 0 Å². The zero-order valence-electron chi connectivity index (χ0n) is 17.2. The zero-order chi connectivity index (χ0) is 21.1. The van der Waals surface area contributed by atoms with Crippen molar-refractivity contribution in [1.82, 2.24) is 4.98 Å². The molecule has 0 aliphatic carbocycles. The highest BCUT2D eigenvalue weighted by Crippen LogP contribution is 2.31. The Morgan fingerprint density at radius 3 is 2.70 bits per heavy atom. The van der Waals surface area contributed by atoms with E-state index in [0.717, 1.165) is 48.5 Å². The largest absolute Gasteiger partial charge is 0.464 e. The minimum atomic E-state index is -0.499. The van der Waals surface area contributed by atoms with Crippen molar-refractivity contribution < 1.29 is 24.2 Å². The van der Waals surface area contributed by atoms with Crippen LogP contribution in [0.15, 0.2) is 42.6 Å². The first-order valence-corrected chi connectivity index (χ1v) is 10.1. The number of carbonyl (C=O) groups is 2. The smallest absolute Gasteiger partial charge is 0.356 e. The van der Waals surface area contributed by atoms with E-state index in [1.807, 2.05) is 43.5 Å². The van der Waals surface area contributed by atoms with Gasteiger partial charge < -0.3 is 19.9 Å². The molecule has 1 aliphatic rings. The fourth-order valence-electron chi connectivity index (χ4n) is 4.04. The predicted octanol–water partition coefficient (Wildman–Crippen LogP) is 0.421. The fraction of sp³-hybridized carbons (Fsp3) is 0.318. The maximum atomic E-state index is 12.8. The maximum absolute atomic E-state index is 12.8. The third-order valence-corrected chi connectivity index (χ3v) is 5.60. The van der Waals surface area contributed by atoms with Crippen LogP contribution >= 0.6 is 0 Å². The first-order valence-electron chi connectivity index (χ1n) is 10.1. The van der Waals surface area contributed by atoms with Gasteiger partial charge in [-0.1, -0.05) is 18.2 Å². The van der Waals surface area contributed by atoms with Gasteiger partial charge in [-0.2, -0.15) is 0 Å². The van der Waals surface area contributed by atoms with Crippen molar-refractivity contribution in [3.63, 3.8) is 0 Å². The number of amides is 1. The van der Waals surface area contributed by atoms with Crippen molar-refractivity contribution in [1.29, 1.82) is 0 Å². The molecule has 8 heteroatoms. The van der Waals surface area contributed by atoms with Crippen molar-refractivity contribution in [3.8, 4) is 0 Å². The molecule has 8 nitrogen and oxygen atoms in total. The van der Waals surface area contributed by atoms with Crippen molar-refractivity contribution in [3.05, 3.63) is 53.9 Å². The van der Waals surface area contributed by atoms with Gasteiger partial charge in [0.2, 0.25) is 0 Å². The number of anilines is 2. The quantitative estimate of drug-likeness (QED) is 0.533. The molecule has 0 atom stereocenters. The average Bonchev–Trinajstić information content (AvgIpc) is 3.14. The first-order chi connectivity index (χ1) is 14.6. The van der Waals surface area contributed by atoms with E-state index in [2.05, 4.69) is 26.3 Å². The van der Waals surface area contributed by atoms with Gasteiger partial charge in [-0.05, 0) is 24.6 Å². The molecule has 4 rings (SSSR count). The van der Waals surface area contributed by atoms with Crippen LogP contribution < -0.4 is 20.1 Å². The number of nitrogens with zero attached hydrogens (tertiary/aromatic N) is 1. The summed E-state index contributed by atoms with van der Waals surface area (Å²) < 4.78 is 4.90. The van der Waals surface area contributed by atoms with E-state index in [1.54, 1.807) is 0 Å². The summed E-state index contributed by atoms with van der Waals surface area (Å²) in [5.41, 5.74) is 2.55. The summed E-state index contributed by atoms with van der Waals surface area (Å²) >= 11 is 0. The lowest BCUT2D eigenvalue weighted by Crippen LogP contribution is -3.15. The van der Waals surface area contributed by atoms with E-state index in [-0.39, 0.29) is 11.6 Å². The van der Waals surface area contributed by atoms with E-state index < -0.39 is 5.97 Å². The Balaban J connectivity index is 1.45. The monoisotopic (exact) mass is 409 g/mol. The van der Waals surface area contributed by atoms with E-state index in [0.29, 0.717) is 12.2 Å². The van der Waals surface area contributed by atoms with Gasteiger partial charge in [0.05, 0.1) is 19.0 Å². The van der Waals surface area contributed by atoms with Crippen molar-refractivity contribution in [2.45, 2.75) is 6.92 Å². The Hall–Kier alpha value is -3.39. The lowest BCUT2D eigenvalue weighted by molar-refractivity contribution is -0.892. The number of rotatable bonds is 5. The van der Waals surface area contributed by atoms with Crippen LogP contribution in [0, 0.1) is 6.92 Å². The molecule has 4 N–H and O–H groups in total. The molecule has 0 spiro atoms. The van der Waals surface area contributed by atoms with Crippen LogP contribution in [0.5, 0.6) is 0 Å². The highest BCUT2D eigenvalue weighted by Gasteiger charge is 2.28. The second-order valence-corrected chi connectivity index (χ2v) is 7.57. The Morgan fingerprint density at radius 1 is 1.20 bits per heavy atom. The molecule has 3 heterocycles. The summed E-state index contributed by atoms with van der Waals surface area (Å²) in [6, 6.07) is 11.8. The molecule has 1 aromatic carbocycles. The van der Waals surface area contributed by atoms with Crippen LogP contribution in [0.25, 0.3) is 10.9 Å². The van der Waals surface area contributed by atoms with E-state index >= 15 is 0 Å². The number of methoxy groups -OCH3 is 1. The molecule has 1 fully saturated rings. The molecule has 0 unspecified atom stereocenters. The minimum absolute atomic E-state index is 0.112. The molecule has 0 radical (unpaired) electrons. The number of piperazine rings is 1. The van der Waals surface area contributed by atoms with Crippen LogP contribution in [-0.2, 0) is 9.53 Å². The van der Waals surface area contributed by atoms with Gasteiger partial charge in [0.1, 0.15) is 31.9 Å². The molecule has 30 heavy (non-hydrogen) atoms. The number of esters is 1. The Bertz CT molecular complexity index is 1060. The van der Waals surface area contributed by atoms with Crippen molar-refractivity contribution >= 4 is 34.3 Å². The van der Waals surface area contributed by atoms with Gasteiger partial charge in [-0.3, -0.25) is 9.69 Å². The number of aromatic amines is 2. The van der Waals surface area contributed by atoms with Gasteiger partial charge in [-0.25, -0.2) is 9.78 Å². The molecule has 0 bridgehead atoms. The third kappa shape index (κ3) is 3.99. The predicted molar refractivity (Wildman–Crippen MR) is 114 cm³/mol. The van der Waals surface area contributed by atoms with E-state index in [4.69, 9.17) is 4.74 Å². The van der Waals surface area contributed by atoms with Gasteiger partial charge in [0, 0.05) is 17.0 Å². The summed E-state index contributed by atoms with van der Waals surface area (Å²) in [5, 5.41) is 3.81. The molecule has 1 aliphatic heterocycles. The normalized spacial score (nSPS) is 14.7. The number of quaternary nitrogens is 1. The number of ether oxygens (including phenoxy) is 1. The second kappa shape index (κ2) is 8.54. The molecular weight excluding hydrogens is 382 g/mol. The first kappa shape index (κ1) is 19.9. The molecule has 0 saturated carbocycles. The zero-order valence-corrected chi connectivity index (χ0v) is 17.2. The number of hydrogen-bond acceptors (Lipinski definition) is 4. The van der Waals surface area contributed by atoms with Crippen LogP contribution in [-0.4, -0.2) is 56.7 Å². The number of pyridine rings is 1. The topological polar surface area (TPSA) is 93.0 Å². The highest BCUT2D eigenvalue weighted by atomic mass is 16.5. The number of aryl methyl sites for hydroxylation is 1. The third-order valence-electron chi connectivity index (χ3n) is 5.60. The highest BCUT2D eigenvalue weighted by molar-refractivity contribution is 6.12. The number of nitrogens with one attached hydrogen (secondary N) is 4. The van der Waals surface area contributed by atoms with Crippen molar-refractivity contribution in [2.75, 3.05) is 50.1 Å². The molecule has 2 aromatic heterocycles. The molecule has 1 amide bonds. The van der Waals surface area contributed by atoms with Gasteiger partial charge >= 0.3 is 5.97 Å². The summed E-state index contributed by atoms with van der Waals surface area (Å²) in [4.78, 5) is 34.9. The molecule has 3 aromatic rings. The molecule has 156 valence electrons. The molecular formula is C22H27N5O3+2. The van der Waals surface area contributed by atoms with E-state index in [9.17, 15) is 9.59 Å². The fourth-order valence-corrected chi connectivity index (χ4v) is 4.04. The minimum Gasteiger partial charge on any atom is -0.464 e. The van der Waals surface area contributed by atoms with Crippen LogP contribution in [0.4, 0.5) is 11.5 Å². The summed E-state index contributed by atoms with van der Waals surface area (Å²) in [5.74, 6) is 0.484. The number of aromatic nitrogens is 2. The Kier molecular flexibility index (Phi) is 5.67. The molecule has 1 saturated heterocycles.